The van der Waals surface area contributed by atoms with Crippen LogP contribution in [0, 0.1) is 23.3 Å². The van der Waals surface area contributed by atoms with Crippen LogP contribution in [0.5, 0.6) is 0 Å². The van der Waals surface area contributed by atoms with Crippen LogP contribution in [0.25, 0.3) is 33.2 Å². The highest BCUT2D eigenvalue weighted by molar-refractivity contribution is 9.10. The lowest BCUT2D eigenvalue weighted by molar-refractivity contribution is 0.102. The van der Waals surface area contributed by atoms with Crippen molar-refractivity contribution in [1.29, 1.82) is 0 Å². The van der Waals surface area contributed by atoms with Crippen LogP contribution in [0.4, 0.5) is 28.9 Å². The van der Waals surface area contributed by atoms with Crippen molar-refractivity contribution in [2.45, 2.75) is 21.3 Å². The number of benzene rings is 6. The van der Waals surface area contributed by atoms with E-state index in [2.05, 4.69) is 45.3 Å². The van der Waals surface area contributed by atoms with Gasteiger partial charge in [0.25, 0.3) is 0 Å². The number of fused-ring (bicyclic) bond motifs is 2. The molecule has 0 saturated carbocycles. The van der Waals surface area contributed by atoms with Gasteiger partial charge in [-0.2, -0.15) is 0 Å². The molecule has 0 saturated heterocycles. The van der Waals surface area contributed by atoms with Crippen molar-refractivity contribution in [1.82, 2.24) is 19.9 Å². The quantitative estimate of drug-likeness (QED) is 0.0257. The molecule has 440 valence electrons. The average molecular weight is 1300 g/mol. The lowest BCUT2D eigenvalue weighted by Crippen LogP contribution is -2.29. The van der Waals surface area contributed by atoms with Crippen molar-refractivity contribution >= 4 is 114 Å². The lowest BCUT2D eigenvalue weighted by atomic mass is 9.81. The van der Waals surface area contributed by atoms with E-state index in [4.69, 9.17) is 20.3 Å². The van der Waals surface area contributed by atoms with E-state index in [1.165, 1.54) is 73.3 Å². The molecular formula is C54H50BBrF4N8O12S4. The number of anilines is 2. The molecule has 0 aliphatic carbocycles. The average Bonchev–Trinajstić information content (AvgIpc) is 1.53. The smallest absolute Gasteiger partial charge is 0.423 e. The summed E-state index contributed by atoms with van der Waals surface area (Å²) >= 11 is 3.24. The lowest BCUT2D eigenvalue weighted by Gasteiger charge is -2.12. The molecule has 0 spiro atoms. The molecule has 6 aromatic carbocycles. The van der Waals surface area contributed by atoms with E-state index in [-0.39, 0.29) is 43.1 Å². The van der Waals surface area contributed by atoms with Crippen molar-refractivity contribution in [3.05, 3.63) is 232 Å². The monoisotopic (exact) mass is 1300 g/mol. The molecule has 84 heavy (non-hydrogen) atoms. The molecule has 0 aliphatic heterocycles. The molecule has 10 aromatic rings. The Kier molecular flexibility index (Phi) is 18.5. The summed E-state index contributed by atoms with van der Waals surface area (Å²) in [6.45, 7) is 0. The fourth-order valence-corrected chi connectivity index (χ4v) is 11.9. The number of pyridine rings is 2. The van der Waals surface area contributed by atoms with Crippen LogP contribution in [-0.2, 0) is 51.6 Å². The largest absolute Gasteiger partial charge is 0.488 e. The molecule has 0 radical (unpaired) electrons. The highest BCUT2D eigenvalue weighted by Gasteiger charge is 2.28. The molecule has 4 heterocycles. The van der Waals surface area contributed by atoms with E-state index in [0.717, 1.165) is 24.3 Å². The van der Waals surface area contributed by atoms with Gasteiger partial charge in [0.2, 0.25) is 51.7 Å². The fraction of sp³-hybridized carbons (Fsp3) is 0.0370. The molecule has 0 amide bonds. The third-order valence-electron chi connectivity index (χ3n) is 12.1. The fourth-order valence-electron chi connectivity index (χ4n) is 8.12. The summed E-state index contributed by atoms with van der Waals surface area (Å²) in [5.41, 5.74) is -0.162. The third kappa shape index (κ3) is 14.8. The minimum atomic E-state index is -4.09. The Hall–Kier alpha value is -8.46. The number of carbonyl (C=O) groups is 2. The van der Waals surface area contributed by atoms with Crippen LogP contribution >= 0.6 is 15.9 Å². The van der Waals surface area contributed by atoms with Crippen LogP contribution in [0.15, 0.2) is 185 Å². The number of sulfonamides is 4. The van der Waals surface area contributed by atoms with Gasteiger partial charge in [0.1, 0.15) is 22.9 Å². The summed E-state index contributed by atoms with van der Waals surface area (Å²) in [6.07, 6.45) is 5.54. The van der Waals surface area contributed by atoms with E-state index in [1.54, 1.807) is 72.8 Å². The maximum Gasteiger partial charge on any atom is 0.488 e. The molecule has 0 fully saturated rings. The van der Waals surface area contributed by atoms with E-state index >= 15 is 8.78 Å². The number of aromatic nitrogens is 4. The first-order chi connectivity index (χ1) is 39.6. The normalized spacial score (nSPS) is 11.7. The Morgan fingerprint density at radius 1 is 0.548 bits per heavy atom. The standard InChI is InChI=1S/C27H20F2N4O5S2.C21H14BrF2N3O3S.C6H8BNO4S.4H2/c28-22-10-11-23(33-39(35,36)15-16-4-2-1-3-5-16)25(29)24(22)26(34)21-14-32-27-20(21)12-18(13-31-27)17-6-8-19(9-7-17)40(30,37)38;22-13-8-14-15(10-26-21(14)25-9-13)20(28)18-16(23)6-7-17(19(18)24)27-31(29,30)11-12-4-2-1-3-5-12;8-13(11,12)6-3-1-5(2-4-6)7(9)10;;;;/h1-14,33H,15H2,(H,31,32)(H2,30,37,38);1-10,27H,11H2,(H,25,26);1-4,9-10H,(H2,8,11,12);4*1H. The molecule has 0 bridgehead atoms. The van der Waals surface area contributed by atoms with E-state index in [1.807, 2.05) is 0 Å². The molecule has 0 unspecified atom stereocenters. The summed E-state index contributed by atoms with van der Waals surface area (Å²) in [5.74, 6) is -7.77. The van der Waals surface area contributed by atoms with E-state index < -0.39 is 116 Å². The first-order valence-corrected chi connectivity index (χ1v) is 31.1. The van der Waals surface area contributed by atoms with Gasteiger partial charge in [-0.3, -0.25) is 19.0 Å². The van der Waals surface area contributed by atoms with Crippen LogP contribution in [0.3, 0.4) is 0 Å². The summed E-state index contributed by atoms with van der Waals surface area (Å²) in [5, 5.41) is 28.0. The number of hydrogen-bond donors (Lipinski definition) is 8. The number of rotatable bonds is 16. The summed E-state index contributed by atoms with van der Waals surface area (Å²) in [6, 6.07) is 33.8. The van der Waals surface area contributed by atoms with Gasteiger partial charge in [0.05, 0.1) is 43.8 Å². The van der Waals surface area contributed by atoms with Crippen LogP contribution < -0.4 is 25.2 Å². The zero-order chi connectivity index (χ0) is 60.9. The zero-order valence-electron chi connectivity index (χ0n) is 42.7. The molecule has 0 aliphatic rings. The SMILES string of the molecule is NS(=O)(=O)c1ccc(-c2cnc3[nH]cc(C(=O)c4c(F)ccc(NS(=O)(=O)Cc5ccccc5)c4F)c3c2)cc1.NS(=O)(=O)c1ccc(B(O)O)cc1.O=C(c1c(F)ccc(NS(=O)(=O)Cc2ccccc2)c1F)c1c[nH]c2ncc(Br)cc12.[HH].[HH].[HH].[HH]. The van der Waals surface area contributed by atoms with Crippen LogP contribution in [0.2, 0.25) is 0 Å². The Bertz CT molecular complexity index is 4640. The van der Waals surface area contributed by atoms with Gasteiger partial charge >= 0.3 is 7.12 Å². The minimum absolute atomic E-state index is 0. The van der Waals surface area contributed by atoms with Gasteiger partial charge in [-0.1, -0.05) is 84.9 Å². The molecular weight excluding hydrogens is 1250 g/mol. The third-order valence-corrected chi connectivity index (χ3v) is 16.9. The number of halogens is 5. The molecule has 20 nitrogen and oxygen atoms in total. The zero-order valence-corrected chi connectivity index (χ0v) is 47.6. The molecule has 10 N–H and O–H groups in total. The van der Waals surface area contributed by atoms with Crippen molar-refractivity contribution in [2.75, 3.05) is 9.44 Å². The summed E-state index contributed by atoms with van der Waals surface area (Å²) in [4.78, 5) is 40.1. The van der Waals surface area contributed by atoms with Gasteiger partial charge in [0, 0.05) is 62.4 Å². The molecule has 0 atom stereocenters. The summed E-state index contributed by atoms with van der Waals surface area (Å²) in [7, 11) is -17.3. The Labute approximate surface area is 491 Å². The van der Waals surface area contributed by atoms with E-state index in [0.29, 0.717) is 37.8 Å². The van der Waals surface area contributed by atoms with Crippen molar-refractivity contribution < 1.29 is 76.6 Å². The number of nitrogens with two attached hydrogens (primary N) is 2. The van der Waals surface area contributed by atoms with Gasteiger partial charge < -0.3 is 20.0 Å². The topological polar surface area (TPSA) is 345 Å². The highest BCUT2D eigenvalue weighted by Crippen LogP contribution is 2.32. The van der Waals surface area contributed by atoms with E-state index in [9.17, 15) is 52.0 Å². The highest BCUT2D eigenvalue weighted by atomic mass is 79.9. The number of carbonyl (C=O) groups excluding carboxylic acids is 2. The minimum Gasteiger partial charge on any atom is -0.423 e. The Morgan fingerprint density at radius 2 is 0.952 bits per heavy atom. The number of ketones is 2. The number of nitrogens with zero attached hydrogens (tertiary/aromatic N) is 2. The first-order valence-electron chi connectivity index (χ1n) is 23.9. The molecule has 4 aromatic heterocycles. The van der Waals surface area contributed by atoms with Gasteiger partial charge in [0.15, 0.2) is 11.6 Å². The number of nitrogens with one attached hydrogen (secondary N) is 4. The van der Waals surface area contributed by atoms with Crippen molar-refractivity contribution in [2.24, 2.45) is 10.3 Å². The van der Waals surface area contributed by atoms with Crippen LogP contribution in [0.1, 0.15) is 48.7 Å². The summed E-state index contributed by atoms with van der Waals surface area (Å²) < 4.78 is 159. The second kappa shape index (κ2) is 25.2. The molecule has 30 heteroatoms. The number of primary sulfonamides is 2. The van der Waals surface area contributed by atoms with Gasteiger partial charge in [-0.15, -0.1) is 0 Å². The number of aromatic amines is 2. The van der Waals surface area contributed by atoms with Crippen molar-refractivity contribution in [3.63, 3.8) is 0 Å². The maximum absolute atomic E-state index is 15.5. The van der Waals surface area contributed by atoms with Crippen LogP contribution in [-0.4, -0.2) is 82.3 Å². The second-order valence-corrected chi connectivity index (χ2v) is 25.5. The second-order valence-electron chi connectivity index (χ2n) is 18.1. The number of H-pyrrole nitrogens is 2. The Balaban J connectivity index is 0.000000307. The van der Waals surface area contributed by atoms with Gasteiger partial charge in [-0.05, 0) is 98.7 Å². The Morgan fingerprint density at radius 3 is 1.37 bits per heavy atom. The van der Waals surface area contributed by atoms with Crippen molar-refractivity contribution in [3.8, 4) is 11.1 Å². The number of hydrogen-bond acceptors (Lipinski definition) is 14. The van der Waals surface area contributed by atoms with Gasteiger partial charge in [-0.25, -0.2) is 71.5 Å². The molecule has 10 rings (SSSR count). The predicted molar refractivity (Wildman–Crippen MR) is 318 cm³/mol. The first kappa shape index (κ1) is 61.6. The predicted octanol–water partition coefficient (Wildman–Crippen LogP) is 8.10. The maximum atomic E-state index is 15.5.